The number of rotatable bonds is 6. The molecule has 7 heteroatoms. The predicted molar refractivity (Wildman–Crippen MR) is 109 cm³/mol. The zero-order chi connectivity index (χ0) is 20.8. The van der Waals surface area contributed by atoms with Crippen LogP contribution in [0.5, 0.6) is 17.2 Å². The largest absolute Gasteiger partial charge is 0.508 e. The highest BCUT2D eigenvalue weighted by molar-refractivity contribution is 5.95. The number of hydrogen-bond donors (Lipinski definition) is 2. The maximum Gasteiger partial charge on any atom is 0.253 e. The number of hydrogen-bond acceptors (Lipinski definition) is 5. The van der Waals surface area contributed by atoms with Crippen LogP contribution in [0.15, 0.2) is 42.5 Å². The van der Waals surface area contributed by atoms with Gasteiger partial charge in [-0.1, -0.05) is 6.07 Å². The predicted octanol–water partition coefficient (Wildman–Crippen LogP) is 2.69. The minimum absolute atomic E-state index is 0.0753. The van der Waals surface area contributed by atoms with Crippen LogP contribution in [0.3, 0.4) is 0 Å². The lowest BCUT2D eigenvalue weighted by Gasteiger charge is -2.32. The van der Waals surface area contributed by atoms with Crippen molar-refractivity contribution in [2.75, 3.05) is 33.9 Å². The van der Waals surface area contributed by atoms with Crippen LogP contribution in [-0.2, 0) is 0 Å². The van der Waals surface area contributed by atoms with Crippen LogP contribution in [0.25, 0.3) is 0 Å². The molecule has 29 heavy (non-hydrogen) atoms. The summed E-state index contributed by atoms with van der Waals surface area (Å²) in [6, 6.07) is 11.5. The van der Waals surface area contributed by atoms with Gasteiger partial charge in [0.15, 0.2) is 11.5 Å². The van der Waals surface area contributed by atoms with E-state index in [-0.39, 0.29) is 17.6 Å². The van der Waals surface area contributed by atoms with E-state index in [9.17, 15) is 14.7 Å². The summed E-state index contributed by atoms with van der Waals surface area (Å²) in [5.74, 6) is 1.25. The van der Waals surface area contributed by atoms with E-state index in [1.165, 1.54) is 13.2 Å². The number of aromatic hydroxyl groups is 1. The monoisotopic (exact) mass is 398 g/mol. The van der Waals surface area contributed by atoms with Crippen molar-refractivity contribution in [3.05, 3.63) is 53.6 Å². The number of amides is 2. The molecule has 7 nitrogen and oxygen atoms in total. The molecule has 2 aromatic rings. The first-order chi connectivity index (χ1) is 14.0. The minimum atomic E-state index is -0.163. The number of piperidine rings is 1. The van der Waals surface area contributed by atoms with Crippen molar-refractivity contribution in [3.8, 4) is 17.2 Å². The second kappa shape index (κ2) is 9.32. The number of carbonyl (C=O) groups excluding carboxylic acids is 2. The minimum Gasteiger partial charge on any atom is -0.508 e. The summed E-state index contributed by atoms with van der Waals surface area (Å²) < 4.78 is 10.4. The standard InChI is InChI=1S/C22H26N2O5/c1-28-19-7-6-16(13-20(19)29-2)21(26)23-14-15-8-10-24(11-9-15)22(27)17-4-3-5-18(25)12-17/h3-7,12-13,15,25H,8-11,14H2,1-2H3,(H,23,26). The van der Waals surface area contributed by atoms with Crippen molar-refractivity contribution in [2.24, 2.45) is 5.92 Å². The van der Waals surface area contributed by atoms with Crippen LogP contribution in [0.2, 0.25) is 0 Å². The van der Waals surface area contributed by atoms with Crippen molar-refractivity contribution in [3.63, 3.8) is 0 Å². The Labute approximate surface area is 170 Å². The molecule has 0 atom stereocenters. The molecule has 2 aromatic carbocycles. The first-order valence-electron chi connectivity index (χ1n) is 9.60. The number of likely N-dealkylation sites (tertiary alicyclic amines) is 1. The maximum absolute atomic E-state index is 12.5. The first kappa shape index (κ1) is 20.5. The molecular weight excluding hydrogens is 372 g/mol. The SMILES string of the molecule is COc1ccc(C(=O)NCC2CCN(C(=O)c3cccc(O)c3)CC2)cc1OC. The second-order valence-electron chi connectivity index (χ2n) is 7.07. The van der Waals surface area contributed by atoms with Crippen molar-refractivity contribution in [1.29, 1.82) is 0 Å². The number of nitrogens with one attached hydrogen (secondary N) is 1. The smallest absolute Gasteiger partial charge is 0.253 e. The zero-order valence-corrected chi connectivity index (χ0v) is 16.7. The van der Waals surface area contributed by atoms with Gasteiger partial charge < -0.3 is 24.8 Å². The average Bonchev–Trinajstić information content (AvgIpc) is 2.76. The molecule has 0 saturated carbocycles. The van der Waals surface area contributed by atoms with Crippen molar-refractivity contribution >= 4 is 11.8 Å². The number of benzene rings is 2. The molecule has 1 aliphatic rings. The summed E-state index contributed by atoms with van der Waals surface area (Å²) in [5.41, 5.74) is 1.00. The molecule has 2 amide bonds. The van der Waals surface area contributed by atoms with Gasteiger partial charge in [0.1, 0.15) is 5.75 Å². The number of phenolic OH excluding ortho intramolecular Hbond substituents is 1. The van der Waals surface area contributed by atoms with Gasteiger partial charge in [-0.25, -0.2) is 0 Å². The normalized spacial score (nSPS) is 14.3. The molecule has 1 aliphatic heterocycles. The van der Waals surface area contributed by atoms with Crippen LogP contribution in [0.1, 0.15) is 33.6 Å². The van der Waals surface area contributed by atoms with E-state index in [0.717, 1.165) is 12.8 Å². The first-order valence-corrected chi connectivity index (χ1v) is 9.60. The van der Waals surface area contributed by atoms with Crippen molar-refractivity contribution < 1.29 is 24.2 Å². The average molecular weight is 398 g/mol. The van der Waals surface area contributed by atoms with Gasteiger partial charge in [0, 0.05) is 30.8 Å². The summed E-state index contributed by atoms with van der Waals surface area (Å²) in [5, 5.41) is 12.5. The van der Waals surface area contributed by atoms with E-state index in [2.05, 4.69) is 5.32 Å². The van der Waals surface area contributed by atoms with Gasteiger partial charge >= 0.3 is 0 Å². The Morgan fingerprint density at radius 2 is 1.76 bits per heavy atom. The van der Waals surface area contributed by atoms with Crippen LogP contribution in [-0.4, -0.2) is 55.7 Å². The lowest BCUT2D eigenvalue weighted by Crippen LogP contribution is -2.41. The number of ether oxygens (including phenoxy) is 2. The number of phenols is 1. The Bertz CT molecular complexity index is 875. The van der Waals surface area contributed by atoms with E-state index in [1.807, 2.05) is 0 Å². The fourth-order valence-corrected chi connectivity index (χ4v) is 3.48. The third-order valence-electron chi connectivity index (χ3n) is 5.19. The number of methoxy groups -OCH3 is 2. The highest BCUT2D eigenvalue weighted by atomic mass is 16.5. The maximum atomic E-state index is 12.5. The lowest BCUT2D eigenvalue weighted by atomic mass is 9.96. The van der Waals surface area contributed by atoms with Gasteiger partial charge in [-0.05, 0) is 55.2 Å². The number of carbonyl (C=O) groups is 2. The summed E-state index contributed by atoms with van der Waals surface area (Å²) in [4.78, 5) is 26.8. The van der Waals surface area contributed by atoms with E-state index >= 15 is 0 Å². The quantitative estimate of drug-likeness (QED) is 0.781. The molecule has 1 saturated heterocycles. The Morgan fingerprint density at radius 1 is 1.03 bits per heavy atom. The molecule has 1 fully saturated rings. The molecule has 0 aliphatic carbocycles. The molecule has 3 rings (SSSR count). The molecule has 0 radical (unpaired) electrons. The van der Waals surface area contributed by atoms with Gasteiger partial charge in [0.25, 0.3) is 11.8 Å². The topological polar surface area (TPSA) is 88.1 Å². The van der Waals surface area contributed by atoms with E-state index in [0.29, 0.717) is 48.2 Å². The van der Waals surface area contributed by atoms with Gasteiger partial charge in [0.2, 0.25) is 0 Å². The fraction of sp³-hybridized carbons (Fsp3) is 0.364. The molecule has 0 bridgehead atoms. The van der Waals surface area contributed by atoms with Gasteiger partial charge in [-0.3, -0.25) is 9.59 Å². The van der Waals surface area contributed by atoms with Gasteiger partial charge in [-0.2, -0.15) is 0 Å². The second-order valence-corrected chi connectivity index (χ2v) is 7.07. The van der Waals surface area contributed by atoms with Crippen LogP contribution in [0, 0.1) is 5.92 Å². The van der Waals surface area contributed by atoms with Crippen molar-refractivity contribution in [2.45, 2.75) is 12.8 Å². The van der Waals surface area contributed by atoms with Crippen LogP contribution < -0.4 is 14.8 Å². The summed E-state index contributed by atoms with van der Waals surface area (Å²) in [6.07, 6.45) is 1.63. The molecular formula is C22H26N2O5. The fourth-order valence-electron chi connectivity index (χ4n) is 3.48. The highest BCUT2D eigenvalue weighted by Gasteiger charge is 2.24. The number of nitrogens with zero attached hydrogens (tertiary/aromatic N) is 1. The summed E-state index contributed by atoms with van der Waals surface area (Å²) in [6.45, 7) is 1.82. The van der Waals surface area contributed by atoms with Crippen LogP contribution in [0.4, 0.5) is 0 Å². The molecule has 1 heterocycles. The Morgan fingerprint density at radius 3 is 2.41 bits per heavy atom. The Kier molecular flexibility index (Phi) is 6.59. The third-order valence-corrected chi connectivity index (χ3v) is 5.19. The van der Waals surface area contributed by atoms with Crippen molar-refractivity contribution in [1.82, 2.24) is 10.2 Å². The molecule has 0 spiro atoms. The molecule has 2 N–H and O–H groups in total. The van der Waals surface area contributed by atoms with E-state index in [1.54, 1.807) is 48.4 Å². The third kappa shape index (κ3) is 4.99. The van der Waals surface area contributed by atoms with Gasteiger partial charge in [0.05, 0.1) is 14.2 Å². The Hall–Kier alpha value is -3.22. The zero-order valence-electron chi connectivity index (χ0n) is 16.7. The van der Waals surface area contributed by atoms with E-state index < -0.39 is 0 Å². The Balaban J connectivity index is 1.50. The lowest BCUT2D eigenvalue weighted by molar-refractivity contribution is 0.0684. The molecule has 154 valence electrons. The highest BCUT2D eigenvalue weighted by Crippen LogP contribution is 2.27. The summed E-state index contributed by atoms with van der Waals surface area (Å²) in [7, 11) is 3.08. The van der Waals surface area contributed by atoms with E-state index in [4.69, 9.17) is 9.47 Å². The van der Waals surface area contributed by atoms with Gasteiger partial charge in [-0.15, -0.1) is 0 Å². The summed E-state index contributed by atoms with van der Waals surface area (Å²) >= 11 is 0. The van der Waals surface area contributed by atoms with Crippen LogP contribution >= 0.6 is 0 Å². The molecule has 0 unspecified atom stereocenters. The molecule has 0 aromatic heterocycles.